The predicted octanol–water partition coefficient (Wildman–Crippen LogP) is 2.56. The van der Waals surface area contributed by atoms with Gasteiger partial charge in [-0.2, -0.15) is 0 Å². The van der Waals surface area contributed by atoms with Crippen molar-refractivity contribution in [1.29, 1.82) is 0 Å². The summed E-state index contributed by atoms with van der Waals surface area (Å²) in [6, 6.07) is 15.8. The fourth-order valence-electron chi connectivity index (χ4n) is 5.14. The standard InChI is InChI=1S/C23H25N3O2/c27-20(13-15-14-25-19-8-4-2-5-16(15)19)26-21-17-6-1-3-7-18(17)23(22(21)28)9-11-24-12-10-23/h1-8,14,21-22,24-25,28H,9-13H2,(H,26,27)/t21-,22+/m0/s1. The van der Waals surface area contributed by atoms with Gasteiger partial charge in [-0.25, -0.2) is 0 Å². The van der Waals surface area contributed by atoms with Crippen LogP contribution in [-0.2, 0) is 16.6 Å². The van der Waals surface area contributed by atoms with Gasteiger partial charge in [0.15, 0.2) is 0 Å². The first kappa shape index (κ1) is 17.5. The van der Waals surface area contributed by atoms with Crippen LogP contribution in [0, 0.1) is 0 Å². The highest BCUT2D eigenvalue weighted by Gasteiger charge is 2.52. The minimum atomic E-state index is -0.598. The van der Waals surface area contributed by atoms with E-state index < -0.39 is 6.10 Å². The molecule has 0 unspecified atom stereocenters. The number of piperidine rings is 1. The predicted molar refractivity (Wildman–Crippen MR) is 109 cm³/mol. The van der Waals surface area contributed by atoms with Crippen molar-refractivity contribution in [3.8, 4) is 0 Å². The maximum atomic E-state index is 12.9. The largest absolute Gasteiger partial charge is 0.390 e. The number of hydrogen-bond acceptors (Lipinski definition) is 3. The molecule has 1 aliphatic carbocycles. The second-order valence-corrected chi connectivity index (χ2v) is 8.02. The van der Waals surface area contributed by atoms with Gasteiger partial charge in [-0.05, 0) is 48.7 Å². The van der Waals surface area contributed by atoms with E-state index in [0.717, 1.165) is 48.0 Å². The lowest BCUT2D eigenvalue weighted by Gasteiger charge is -2.38. The third-order valence-electron chi connectivity index (χ3n) is 6.55. The summed E-state index contributed by atoms with van der Waals surface area (Å²) in [5, 5.41) is 18.9. The monoisotopic (exact) mass is 375 g/mol. The Bertz CT molecular complexity index is 1020. The van der Waals surface area contributed by atoms with Crippen LogP contribution in [0.3, 0.4) is 0 Å². The number of carbonyl (C=O) groups is 1. The summed E-state index contributed by atoms with van der Waals surface area (Å²) in [4.78, 5) is 16.1. The molecule has 2 atom stereocenters. The molecule has 28 heavy (non-hydrogen) atoms. The van der Waals surface area contributed by atoms with Crippen molar-refractivity contribution in [2.45, 2.75) is 36.8 Å². The number of aliphatic hydroxyl groups excluding tert-OH is 1. The number of nitrogens with one attached hydrogen (secondary N) is 3. The lowest BCUT2D eigenvalue weighted by molar-refractivity contribution is -0.122. The molecule has 5 nitrogen and oxygen atoms in total. The zero-order valence-electron chi connectivity index (χ0n) is 15.7. The zero-order valence-corrected chi connectivity index (χ0v) is 15.7. The molecule has 1 saturated heterocycles. The second-order valence-electron chi connectivity index (χ2n) is 8.02. The Hall–Kier alpha value is -2.63. The maximum absolute atomic E-state index is 12.9. The van der Waals surface area contributed by atoms with Crippen LogP contribution in [0.5, 0.6) is 0 Å². The molecule has 144 valence electrons. The smallest absolute Gasteiger partial charge is 0.225 e. The van der Waals surface area contributed by atoms with Crippen LogP contribution in [0.1, 0.15) is 35.6 Å². The average molecular weight is 375 g/mol. The Morgan fingerprint density at radius 1 is 1.11 bits per heavy atom. The minimum absolute atomic E-state index is 0.0606. The van der Waals surface area contributed by atoms with Gasteiger partial charge in [-0.1, -0.05) is 42.5 Å². The Morgan fingerprint density at radius 3 is 2.71 bits per heavy atom. The van der Waals surface area contributed by atoms with Crippen LogP contribution in [-0.4, -0.2) is 35.2 Å². The molecule has 1 amide bonds. The average Bonchev–Trinajstić information content (AvgIpc) is 3.23. The first-order chi connectivity index (χ1) is 13.7. The molecule has 2 heterocycles. The molecule has 4 N–H and O–H groups in total. The normalized spacial score (nSPS) is 23.0. The number of H-pyrrole nitrogens is 1. The van der Waals surface area contributed by atoms with Gasteiger partial charge in [-0.3, -0.25) is 4.79 Å². The molecular weight excluding hydrogens is 350 g/mol. The summed E-state index contributed by atoms with van der Waals surface area (Å²) in [6.45, 7) is 1.78. The van der Waals surface area contributed by atoms with Crippen LogP contribution in [0.15, 0.2) is 54.7 Å². The van der Waals surface area contributed by atoms with Gasteiger partial charge >= 0.3 is 0 Å². The number of rotatable bonds is 3. The molecule has 1 aromatic heterocycles. The molecule has 2 aliphatic rings. The third-order valence-corrected chi connectivity index (χ3v) is 6.55. The summed E-state index contributed by atoms with van der Waals surface area (Å²) in [7, 11) is 0. The van der Waals surface area contributed by atoms with Crippen LogP contribution >= 0.6 is 0 Å². The lowest BCUT2D eigenvalue weighted by atomic mass is 9.72. The molecule has 5 heteroatoms. The van der Waals surface area contributed by atoms with Gasteiger partial charge in [0.1, 0.15) is 0 Å². The number of fused-ring (bicyclic) bond motifs is 3. The Morgan fingerprint density at radius 2 is 1.86 bits per heavy atom. The molecule has 1 aliphatic heterocycles. The van der Waals surface area contributed by atoms with Gasteiger partial charge in [0.2, 0.25) is 5.91 Å². The van der Waals surface area contributed by atoms with Gasteiger partial charge in [-0.15, -0.1) is 0 Å². The van der Waals surface area contributed by atoms with Crippen LogP contribution in [0.4, 0.5) is 0 Å². The van der Waals surface area contributed by atoms with Crippen LogP contribution < -0.4 is 10.6 Å². The number of aromatic nitrogens is 1. The molecule has 2 aromatic carbocycles. The number of carbonyl (C=O) groups excluding carboxylic acids is 1. The number of aromatic amines is 1. The van der Waals surface area contributed by atoms with E-state index in [1.54, 1.807) is 0 Å². The van der Waals surface area contributed by atoms with Crippen molar-refractivity contribution in [2.75, 3.05) is 13.1 Å². The van der Waals surface area contributed by atoms with Crippen molar-refractivity contribution >= 4 is 16.8 Å². The summed E-state index contributed by atoms with van der Waals surface area (Å²) < 4.78 is 0. The molecule has 3 aromatic rings. The van der Waals surface area contributed by atoms with E-state index in [9.17, 15) is 9.90 Å². The summed E-state index contributed by atoms with van der Waals surface area (Å²) in [6.07, 6.45) is 3.38. The van der Waals surface area contributed by atoms with Crippen molar-refractivity contribution in [3.63, 3.8) is 0 Å². The topological polar surface area (TPSA) is 77.2 Å². The highest BCUT2D eigenvalue weighted by Crippen LogP contribution is 2.50. The van der Waals surface area contributed by atoms with Crippen molar-refractivity contribution in [1.82, 2.24) is 15.6 Å². The van der Waals surface area contributed by atoms with Gasteiger partial charge in [0, 0.05) is 22.5 Å². The molecule has 1 spiro atoms. The Labute approximate surface area is 164 Å². The van der Waals surface area contributed by atoms with Crippen molar-refractivity contribution in [3.05, 3.63) is 71.4 Å². The van der Waals surface area contributed by atoms with E-state index >= 15 is 0 Å². The van der Waals surface area contributed by atoms with Gasteiger partial charge in [0.05, 0.1) is 18.6 Å². The van der Waals surface area contributed by atoms with E-state index in [4.69, 9.17) is 0 Å². The molecule has 0 saturated carbocycles. The van der Waals surface area contributed by atoms with Gasteiger partial charge in [0.25, 0.3) is 0 Å². The fraction of sp³-hybridized carbons (Fsp3) is 0.348. The van der Waals surface area contributed by atoms with Gasteiger partial charge < -0.3 is 20.7 Å². The Balaban J connectivity index is 1.41. The lowest BCUT2D eigenvalue weighted by Crippen LogP contribution is -2.48. The number of benzene rings is 2. The van der Waals surface area contributed by atoms with E-state index in [1.807, 2.05) is 48.7 Å². The maximum Gasteiger partial charge on any atom is 0.225 e. The quantitative estimate of drug-likeness (QED) is 0.568. The van der Waals surface area contributed by atoms with E-state index in [1.165, 1.54) is 5.56 Å². The Kier molecular flexibility index (Phi) is 4.22. The van der Waals surface area contributed by atoms with Crippen molar-refractivity contribution in [2.24, 2.45) is 0 Å². The number of aliphatic hydroxyl groups is 1. The first-order valence-corrected chi connectivity index (χ1v) is 10.0. The van der Waals surface area contributed by atoms with E-state index in [0.29, 0.717) is 6.42 Å². The second kappa shape index (κ2) is 6.76. The SMILES string of the molecule is O=C(Cc1c[nH]c2ccccc12)N[C@H]1c2ccccc2C2(CCNCC2)[C@@H]1O. The highest BCUT2D eigenvalue weighted by atomic mass is 16.3. The van der Waals surface area contributed by atoms with E-state index in [-0.39, 0.29) is 17.4 Å². The fourth-order valence-corrected chi connectivity index (χ4v) is 5.14. The molecular formula is C23H25N3O2. The third kappa shape index (κ3) is 2.65. The van der Waals surface area contributed by atoms with Crippen LogP contribution in [0.2, 0.25) is 0 Å². The van der Waals surface area contributed by atoms with E-state index in [2.05, 4.69) is 21.7 Å². The van der Waals surface area contributed by atoms with Crippen molar-refractivity contribution < 1.29 is 9.90 Å². The summed E-state index contributed by atoms with van der Waals surface area (Å²) in [5.74, 6) is -0.0606. The molecule has 0 bridgehead atoms. The number of amides is 1. The highest BCUT2D eigenvalue weighted by molar-refractivity contribution is 5.89. The summed E-state index contributed by atoms with van der Waals surface area (Å²) >= 11 is 0. The molecule has 0 radical (unpaired) electrons. The molecule has 1 fully saturated rings. The first-order valence-electron chi connectivity index (χ1n) is 10.0. The van der Waals surface area contributed by atoms with Crippen LogP contribution in [0.25, 0.3) is 10.9 Å². The minimum Gasteiger partial charge on any atom is -0.390 e. The number of para-hydroxylation sites is 1. The summed E-state index contributed by atoms with van der Waals surface area (Å²) in [5.41, 5.74) is 4.00. The number of hydrogen-bond donors (Lipinski definition) is 4. The zero-order chi connectivity index (χ0) is 19.1. The molecule has 5 rings (SSSR count).